The van der Waals surface area contributed by atoms with Gasteiger partial charge in [0, 0.05) is 48.7 Å². The molecule has 5 heteroatoms. The van der Waals surface area contributed by atoms with E-state index < -0.39 is 0 Å². The van der Waals surface area contributed by atoms with Gasteiger partial charge in [-0.3, -0.25) is 9.36 Å². The molecule has 110 valence electrons. The highest BCUT2D eigenvalue weighted by molar-refractivity contribution is 5.18. The third-order valence-electron chi connectivity index (χ3n) is 3.64. The lowest BCUT2D eigenvalue weighted by Gasteiger charge is -2.09. The second-order valence-corrected chi connectivity index (χ2v) is 5.49. The van der Waals surface area contributed by atoms with Crippen LogP contribution in [0.5, 0.6) is 0 Å². The van der Waals surface area contributed by atoms with Crippen LogP contribution in [0.1, 0.15) is 49.3 Å². The molecule has 2 aromatic rings. The lowest BCUT2D eigenvalue weighted by molar-refractivity contribution is 0.517. The SMILES string of the molecule is CCn1cc(CNCc2cnn(C(C)C)c2C)c(C)n1. The van der Waals surface area contributed by atoms with E-state index in [2.05, 4.69) is 61.0 Å². The smallest absolute Gasteiger partial charge is 0.0638 e. The van der Waals surface area contributed by atoms with Gasteiger partial charge in [0.05, 0.1) is 11.9 Å². The first kappa shape index (κ1) is 14.8. The Labute approximate surface area is 121 Å². The summed E-state index contributed by atoms with van der Waals surface area (Å²) in [6.45, 7) is 13.2. The average Bonchev–Trinajstić information content (AvgIpc) is 2.94. The molecule has 0 radical (unpaired) electrons. The van der Waals surface area contributed by atoms with Crippen LogP contribution in [0.3, 0.4) is 0 Å². The van der Waals surface area contributed by atoms with Gasteiger partial charge < -0.3 is 5.32 Å². The Morgan fingerprint density at radius 3 is 2.45 bits per heavy atom. The lowest BCUT2D eigenvalue weighted by Crippen LogP contribution is -2.14. The molecule has 2 rings (SSSR count). The Morgan fingerprint density at radius 2 is 1.90 bits per heavy atom. The normalized spacial score (nSPS) is 11.5. The summed E-state index contributed by atoms with van der Waals surface area (Å²) in [5, 5.41) is 12.4. The summed E-state index contributed by atoms with van der Waals surface area (Å²) in [4.78, 5) is 0. The number of aryl methyl sites for hydroxylation is 2. The van der Waals surface area contributed by atoms with Crippen molar-refractivity contribution in [1.82, 2.24) is 24.9 Å². The van der Waals surface area contributed by atoms with Crippen molar-refractivity contribution in [2.45, 2.75) is 60.3 Å². The van der Waals surface area contributed by atoms with Crippen molar-refractivity contribution >= 4 is 0 Å². The first-order valence-corrected chi connectivity index (χ1v) is 7.29. The highest BCUT2D eigenvalue weighted by Crippen LogP contribution is 2.13. The van der Waals surface area contributed by atoms with Gasteiger partial charge in [0.1, 0.15) is 0 Å². The van der Waals surface area contributed by atoms with Gasteiger partial charge in [0.25, 0.3) is 0 Å². The summed E-state index contributed by atoms with van der Waals surface area (Å²) in [7, 11) is 0. The zero-order chi connectivity index (χ0) is 14.7. The minimum absolute atomic E-state index is 0.411. The maximum atomic E-state index is 4.46. The summed E-state index contributed by atoms with van der Waals surface area (Å²) in [6.07, 6.45) is 4.08. The van der Waals surface area contributed by atoms with Crippen LogP contribution in [-0.4, -0.2) is 19.6 Å². The topological polar surface area (TPSA) is 47.7 Å². The number of rotatable bonds is 6. The molecule has 0 aliphatic carbocycles. The fraction of sp³-hybridized carbons (Fsp3) is 0.600. The van der Waals surface area contributed by atoms with Crippen LogP contribution in [0.25, 0.3) is 0 Å². The van der Waals surface area contributed by atoms with E-state index in [1.165, 1.54) is 16.8 Å². The zero-order valence-electron chi connectivity index (χ0n) is 13.1. The quantitative estimate of drug-likeness (QED) is 0.881. The van der Waals surface area contributed by atoms with E-state index in [0.717, 1.165) is 25.3 Å². The molecule has 20 heavy (non-hydrogen) atoms. The van der Waals surface area contributed by atoms with Crippen molar-refractivity contribution < 1.29 is 0 Å². The Hall–Kier alpha value is -1.62. The Morgan fingerprint density at radius 1 is 1.20 bits per heavy atom. The van der Waals surface area contributed by atoms with E-state index >= 15 is 0 Å². The molecule has 0 aromatic carbocycles. The number of nitrogens with zero attached hydrogens (tertiary/aromatic N) is 4. The molecule has 0 aliphatic rings. The largest absolute Gasteiger partial charge is 0.308 e. The van der Waals surface area contributed by atoms with Crippen molar-refractivity contribution in [2.24, 2.45) is 0 Å². The summed E-state index contributed by atoms with van der Waals surface area (Å²) in [5.74, 6) is 0. The Kier molecular flexibility index (Phi) is 4.60. The molecule has 1 N–H and O–H groups in total. The van der Waals surface area contributed by atoms with Gasteiger partial charge in [-0.2, -0.15) is 10.2 Å². The zero-order valence-corrected chi connectivity index (χ0v) is 13.1. The predicted molar refractivity (Wildman–Crippen MR) is 80.5 cm³/mol. The first-order valence-electron chi connectivity index (χ1n) is 7.29. The van der Waals surface area contributed by atoms with Gasteiger partial charge in [-0.1, -0.05) is 0 Å². The average molecular weight is 275 g/mol. The molecule has 0 atom stereocenters. The van der Waals surface area contributed by atoms with E-state index in [1.807, 2.05) is 10.9 Å². The minimum atomic E-state index is 0.411. The maximum Gasteiger partial charge on any atom is 0.0638 e. The maximum absolute atomic E-state index is 4.46. The molecule has 0 amide bonds. The highest BCUT2D eigenvalue weighted by Gasteiger charge is 2.09. The van der Waals surface area contributed by atoms with E-state index in [0.29, 0.717) is 6.04 Å². The van der Waals surface area contributed by atoms with E-state index in [4.69, 9.17) is 0 Å². The molecule has 2 heterocycles. The summed E-state index contributed by atoms with van der Waals surface area (Å²) in [6, 6.07) is 0.411. The van der Waals surface area contributed by atoms with Gasteiger partial charge in [-0.25, -0.2) is 0 Å². The number of aromatic nitrogens is 4. The van der Waals surface area contributed by atoms with Crippen LogP contribution in [0, 0.1) is 13.8 Å². The van der Waals surface area contributed by atoms with Gasteiger partial charge in [-0.15, -0.1) is 0 Å². The molecule has 0 aliphatic heterocycles. The first-order chi connectivity index (χ1) is 9.52. The molecule has 0 bridgehead atoms. The van der Waals surface area contributed by atoms with Gasteiger partial charge >= 0.3 is 0 Å². The van der Waals surface area contributed by atoms with Crippen molar-refractivity contribution in [3.8, 4) is 0 Å². The molecule has 0 saturated carbocycles. The molecule has 0 fully saturated rings. The fourth-order valence-electron chi connectivity index (χ4n) is 2.38. The van der Waals surface area contributed by atoms with Gasteiger partial charge in [-0.05, 0) is 34.6 Å². The van der Waals surface area contributed by atoms with Crippen LogP contribution in [0.2, 0.25) is 0 Å². The van der Waals surface area contributed by atoms with Crippen molar-refractivity contribution in [2.75, 3.05) is 0 Å². The van der Waals surface area contributed by atoms with Crippen LogP contribution in [-0.2, 0) is 19.6 Å². The standard InChI is InChI=1S/C15H25N5/c1-6-19-10-15(12(4)18-19)8-16-7-14-9-17-20(11(2)3)13(14)5/h9-11,16H,6-8H2,1-5H3. The molecule has 5 nitrogen and oxygen atoms in total. The Balaban J connectivity index is 1.94. The van der Waals surface area contributed by atoms with Crippen LogP contribution in [0.4, 0.5) is 0 Å². The molecule has 0 unspecified atom stereocenters. The Bertz CT molecular complexity index is 565. The predicted octanol–water partition coefficient (Wildman–Crippen LogP) is 2.59. The third-order valence-corrected chi connectivity index (χ3v) is 3.64. The van der Waals surface area contributed by atoms with E-state index in [1.54, 1.807) is 0 Å². The van der Waals surface area contributed by atoms with Gasteiger partial charge in [0.2, 0.25) is 0 Å². The van der Waals surface area contributed by atoms with Crippen molar-refractivity contribution in [3.63, 3.8) is 0 Å². The van der Waals surface area contributed by atoms with Crippen LogP contribution < -0.4 is 5.32 Å². The van der Waals surface area contributed by atoms with Crippen LogP contribution >= 0.6 is 0 Å². The second-order valence-electron chi connectivity index (χ2n) is 5.49. The molecule has 0 spiro atoms. The molecule has 0 saturated heterocycles. The summed E-state index contributed by atoms with van der Waals surface area (Å²) >= 11 is 0. The summed E-state index contributed by atoms with van der Waals surface area (Å²) < 4.78 is 4.05. The number of hydrogen-bond acceptors (Lipinski definition) is 3. The van der Waals surface area contributed by atoms with E-state index in [-0.39, 0.29) is 0 Å². The van der Waals surface area contributed by atoms with Gasteiger partial charge in [0.15, 0.2) is 0 Å². The second kappa shape index (κ2) is 6.22. The molecular weight excluding hydrogens is 250 g/mol. The van der Waals surface area contributed by atoms with Crippen LogP contribution in [0.15, 0.2) is 12.4 Å². The fourth-order valence-corrected chi connectivity index (χ4v) is 2.38. The minimum Gasteiger partial charge on any atom is -0.308 e. The summed E-state index contributed by atoms with van der Waals surface area (Å²) in [5.41, 5.74) is 4.88. The van der Waals surface area contributed by atoms with Crippen molar-refractivity contribution in [1.29, 1.82) is 0 Å². The number of hydrogen-bond donors (Lipinski definition) is 1. The molecule has 2 aromatic heterocycles. The van der Waals surface area contributed by atoms with E-state index in [9.17, 15) is 0 Å². The monoisotopic (exact) mass is 275 g/mol. The lowest BCUT2D eigenvalue weighted by atomic mass is 10.2. The number of nitrogens with one attached hydrogen (secondary N) is 1. The highest BCUT2D eigenvalue weighted by atomic mass is 15.3. The van der Waals surface area contributed by atoms with Crippen molar-refractivity contribution in [3.05, 3.63) is 34.9 Å². The third kappa shape index (κ3) is 3.10. The molecular formula is C15H25N5.